The van der Waals surface area contributed by atoms with Gasteiger partial charge in [0.2, 0.25) is 0 Å². The number of alkyl halides is 3. The summed E-state index contributed by atoms with van der Waals surface area (Å²) >= 11 is 0. The van der Waals surface area contributed by atoms with Crippen LogP contribution in [0.2, 0.25) is 0 Å². The predicted molar refractivity (Wildman–Crippen MR) is 64.9 cm³/mol. The van der Waals surface area contributed by atoms with Gasteiger partial charge in [-0.05, 0) is 24.1 Å². The lowest BCUT2D eigenvalue weighted by molar-refractivity contribution is -0.124. The Morgan fingerprint density at radius 2 is 1.83 bits per heavy atom. The Bertz CT molecular complexity index is 335. The van der Waals surface area contributed by atoms with Crippen LogP contribution in [0, 0.1) is 0 Å². The maximum Gasteiger partial charge on any atom is 0.401 e. The zero-order valence-electron chi connectivity index (χ0n) is 10.4. The third kappa shape index (κ3) is 6.49. The fraction of sp³-hybridized carbons (Fsp3) is 0.538. The molecule has 5 heteroatoms. The van der Waals surface area contributed by atoms with Crippen molar-refractivity contribution in [1.82, 2.24) is 5.32 Å². The monoisotopic (exact) mass is 261 g/mol. The van der Waals surface area contributed by atoms with Crippen LogP contribution >= 0.6 is 0 Å². The fourth-order valence-electron chi connectivity index (χ4n) is 1.51. The molecule has 1 rings (SSSR count). The van der Waals surface area contributed by atoms with E-state index in [0.717, 1.165) is 12.8 Å². The number of benzene rings is 1. The highest BCUT2D eigenvalue weighted by molar-refractivity contribution is 5.27. The Balaban J connectivity index is 2.19. The second kappa shape index (κ2) is 7.26. The van der Waals surface area contributed by atoms with E-state index in [2.05, 4.69) is 12.2 Å². The second-order valence-corrected chi connectivity index (χ2v) is 4.03. The summed E-state index contributed by atoms with van der Waals surface area (Å²) in [5.74, 6) is 0.684. The average molecular weight is 261 g/mol. The van der Waals surface area contributed by atoms with Gasteiger partial charge < -0.3 is 10.1 Å². The Labute approximate surface area is 105 Å². The van der Waals surface area contributed by atoms with Crippen molar-refractivity contribution >= 4 is 0 Å². The third-order valence-electron chi connectivity index (χ3n) is 2.34. The first-order chi connectivity index (χ1) is 8.51. The van der Waals surface area contributed by atoms with Crippen LogP contribution in [0.25, 0.3) is 0 Å². The molecule has 102 valence electrons. The summed E-state index contributed by atoms with van der Waals surface area (Å²) in [4.78, 5) is 0. The van der Waals surface area contributed by atoms with Gasteiger partial charge in [-0.25, -0.2) is 0 Å². The van der Waals surface area contributed by atoms with E-state index in [0.29, 0.717) is 5.75 Å². The molecule has 0 fully saturated rings. The molecule has 0 aliphatic rings. The largest absolute Gasteiger partial charge is 0.492 e. The maximum atomic E-state index is 11.8. The first-order valence-corrected chi connectivity index (χ1v) is 6.00. The highest BCUT2D eigenvalue weighted by atomic mass is 19.4. The summed E-state index contributed by atoms with van der Waals surface area (Å²) in [6.07, 6.45) is -2.06. The van der Waals surface area contributed by atoms with E-state index in [4.69, 9.17) is 4.74 Å². The normalized spacial score (nSPS) is 11.6. The molecule has 0 bridgehead atoms. The molecule has 2 nitrogen and oxygen atoms in total. The Hall–Kier alpha value is -1.23. The molecule has 1 aromatic rings. The Morgan fingerprint density at radius 1 is 1.17 bits per heavy atom. The van der Waals surface area contributed by atoms with Crippen LogP contribution in [0.4, 0.5) is 13.2 Å². The van der Waals surface area contributed by atoms with Gasteiger partial charge in [0.25, 0.3) is 0 Å². The Kier molecular flexibility index (Phi) is 5.98. The van der Waals surface area contributed by atoms with Crippen LogP contribution in [0.3, 0.4) is 0 Å². The smallest absolute Gasteiger partial charge is 0.401 e. The lowest BCUT2D eigenvalue weighted by Crippen LogP contribution is -2.31. The first-order valence-electron chi connectivity index (χ1n) is 6.00. The summed E-state index contributed by atoms with van der Waals surface area (Å²) in [6, 6.07) is 7.63. The van der Waals surface area contributed by atoms with Crippen LogP contribution in [-0.4, -0.2) is 25.9 Å². The maximum absolute atomic E-state index is 11.8. The zero-order valence-corrected chi connectivity index (χ0v) is 10.4. The molecule has 0 heterocycles. The number of halogens is 3. The minimum atomic E-state index is -4.16. The molecule has 0 aliphatic carbocycles. The first kappa shape index (κ1) is 14.8. The van der Waals surface area contributed by atoms with Crippen LogP contribution in [0.15, 0.2) is 24.3 Å². The molecule has 1 aromatic carbocycles. The van der Waals surface area contributed by atoms with Crippen LogP contribution < -0.4 is 10.1 Å². The zero-order chi connectivity index (χ0) is 13.4. The molecule has 0 aromatic heterocycles. The van der Waals surface area contributed by atoms with Gasteiger partial charge in [-0.1, -0.05) is 25.5 Å². The predicted octanol–water partition coefficient (Wildman–Crippen LogP) is 3.17. The average Bonchev–Trinajstić information content (AvgIpc) is 2.30. The third-order valence-corrected chi connectivity index (χ3v) is 2.34. The van der Waals surface area contributed by atoms with E-state index in [1.165, 1.54) is 5.56 Å². The molecule has 1 N–H and O–H groups in total. The van der Waals surface area contributed by atoms with E-state index in [1.807, 2.05) is 24.3 Å². The topological polar surface area (TPSA) is 21.3 Å². The number of rotatable bonds is 7. The summed E-state index contributed by atoms with van der Waals surface area (Å²) < 4.78 is 40.8. The summed E-state index contributed by atoms with van der Waals surface area (Å²) in [5.41, 5.74) is 1.24. The van der Waals surface area contributed by atoms with Gasteiger partial charge in [0, 0.05) is 6.54 Å². The minimum absolute atomic E-state index is 0.177. The van der Waals surface area contributed by atoms with Crippen LogP contribution in [-0.2, 0) is 6.42 Å². The lowest BCUT2D eigenvalue weighted by Gasteiger charge is -2.09. The van der Waals surface area contributed by atoms with E-state index in [1.54, 1.807) is 0 Å². The molecule has 0 saturated heterocycles. The van der Waals surface area contributed by atoms with Gasteiger partial charge in [0.15, 0.2) is 0 Å². The van der Waals surface area contributed by atoms with E-state index < -0.39 is 12.7 Å². The molecule has 0 radical (unpaired) electrons. The van der Waals surface area contributed by atoms with Crippen molar-refractivity contribution in [1.29, 1.82) is 0 Å². The van der Waals surface area contributed by atoms with Gasteiger partial charge in [-0.15, -0.1) is 0 Å². The number of aryl methyl sites for hydroxylation is 1. The van der Waals surface area contributed by atoms with Crippen molar-refractivity contribution < 1.29 is 17.9 Å². The standard InChI is InChI=1S/C13H18F3NO/c1-2-3-11-4-6-12(7-5-11)18-9-8-17-10-13(14,15)16/h4-7,17H,2-3,8-10H2,1H3. The number of ether oxygens (including phenoxy) is 1. The number of hydrogen-bond donors (Lipinski definition) is 1. The molecule has 0 spiro atoms. The Morgan fingerprint density at radius 3 is 2.39 bits per heavy atom. The van der Waals surface area contributed by atoms with Crippen molar-refractivity contribution in [2.24, 2.45) is 0 Å². The second-order valence-electron chi connectivity index (χ2n) is 4.03. The highest BCUT2D eigenvalue weighted by Crippen LogP contribution is 2.13. The SMILES string of the molecule is CCCc1ccc(OCCNCC(F)(F)F)cc1. The van der Waals surface area contributed by atoms with E-state index >= 15 is 0 Å². The molecule has 0 unspecified atom stereocenters. The van der Waals surface area contributed by atoms with Crippen molar-refractivity contribution in [3.05, 3.63) is 29.8 Å². The molecule has 0 saturated carbocycles. The molecule has 0 atom stereocenters. The van der Waals surface area contributed by atoms with Gasteiger partial charge in [-0.3, -0.25) is 0 Å². The summed E-state index contributed by atoms with van der Waals surface area (Å²) in [5, 5.41) is 2.28. The van der Waals surface area contributed by atoms with Crippen molar-refractivity contribution in [3.8, 4) is 5.75 Å². The van der Waals surface area contributed by atoms with E-state index in [-0.39, 0.29) is 13.2 Å². The minimum Gasteiger partial charge on any atom is -0.492 e. The molecular formula is C13H18F3NO. The van der Waals surface area contributed by atoms with Gasteiger partial charge in [-0.2, -0.15) is 13.2 Å². The van der Waals surface area contributed by atoms with Crippen LogP contribution in [0.1, 0.15) is 18.9 Å². The van der Waals surface area contributed by atoms with E-state index in [9.17, 15) is 13.2 Å². The fourth-order valence-corrected chi connectivity index (χ4v) is 1.51. The highest BCUT2D eigenvalue weighted by Gasteiger charge is 2.25. The van der Waals surface area contributed by atoms with Crippen molar-refractivity contribution in [3.63, 3.8) is 0 Å². The summed E-state index contributed by atoms with van der Waals surface area (Å²) in [7, 11) is 0. The molecule has 0 amide bonds. The number of hydrogen-bond acceptors (Lipinski definition) is 2. The molecular weight excluding hydrogens is 243 g/mol. The lowest BCUT2D eigenvalue weighted by atomic mass is 10.1. The van der Waals surface area contributed by atoms with Gasteiger partial charge in [0.05, 0.1) is 6.54 Å². The molecule has 18 heavy (non-hydrogen) atoms. The van der Waals surface area contributed by atoms with Crippen LogP contribution in [0.5, 0.6) is 5.75 Å². The molecule has 0 aliphatic heterocycles. The van der Waals surface area contributed by atoms with Crippen molar-refractivity contribution in [2.75, 3.05) is 19.7 Å². The van der Waals surface area contributed by atoms with Crippen molar-refractivity contribution in [2.45, 2.75) is 25.9 Å². The quantitative estimate of drug-likeness (QED) is 0.761. The van der Waals surface area contributed by atoms with Gasteiger partial charge >= 0.3 is 6.18 Å². The van der Waals surface area contributed by atoms with Gasteiger partial charge in [0.1, 0.15) is 12.4 Å². The summed E-state index contributed by atoms with van der Waals surface area (Å²) in [6.45, 7) is 1.53. The number of nitrogens with one attached hydrogen (secondary N) is 1.